The van der Waals surface area contributed by atoms with Gasteiger partial charge in [0, 0.05) is 19.8 Å². The van der Waals surface area contributed by atoms with Crippen molar-refractivity contribution in [3.8, 4) is 0 Å². The van der Waals surface area contributed by atoms with E-state index in [1.807, 2.05) is 83.1 Å². The average Bonchev–Trinajstić information content (AvgIpc) is 4.23. The summed E-state index contributed by atoms with van der Waals surface area (Å²) in [6.45, 7) is 27.1. The molecule has 2 N–H and O–H groups in total. The molecule has 438 valence electrons. The van der Waals surface area contributed by atoms with Crippen LogP contribution in [0.5, 0.6) is 0 Å². The lowest BCUT2D eigenvalue weighted by molar-refractivity contribution is -0.166. The highest BCUT2D eigenvalue weighted by molar-refractivity contribution is 5.77. The SMILES string of the molecule is CCC(C)(C)C(=O)OC1CC2CC1C1CC(O)CC21.CCC(C)(C)C(=O)OC1CC2CC1CC2COC(C)=O.CCC(C)(C)C(=O)OC1CC2CC1CC2OC(C)=O.CCC(C)(C)C(=O)OC1CCC2C3CC(CC3O)C12. The van der Waals surface area contributed by atoms with Gasteiger partial charge in [-0.2, -0.15) is 0 Å². The number of hydrogen-bond acceptors (Lipinski definition) is 14. The van der Waals surface area contributed by atoms with Crippen molar-refractivity contribution in [2.75, 3.05) is 6.61 Å². The molecule has 10 rings (SSSR count). The first-order chi connectivity index (χ1) is 36.0. The van der Waals surface area contributed by atoms with Gasteiger partial charge in [-0.25, -0.2) is 0 Å². The van der Waals surface area contributed by atoms with Crippen molar-refractivity contribution in [3.63, 3.8) is 0 Å². The Morgan fingerprint density at radius 3 is 1.29 bits per heavy atom. The number of carbonyl (C=O) groups is 6. The van der Waals surface area contributed by atoms with Crippen LogP contribution in [0.25, 0.3) is 0 Å². The highest BCUT2D eigenvalue weighted by atomic mass is 16.6. The molecule has 77 heavy (non-hydrogen) atoms. The molecule has 10 saturated carbocycles. The largest absolute Gasteiger partial charge is 0.466 e. The maximum Gasteiger partial charge on any atom is 0.311 e. The maximum absolute atomic E-state index is 12.2. The summed E-state index contributed by atoms with van der Waals surface area (Å²) < 4.78 is 33.5. The summed E-state index contributed by atoms with van der Waals surface area (Å²) in [5.74, 6) is 6.26. The number of rotatable bonds is 15. The highest BCUT2D eigenvalue weighted by Crippen LogP contribution is 2.61. The summed E-state index contributed by atoms with van der Waals surface area (Å²) >= 11 is 0. The molecule has 20 atom stereocenters. The molecule has 0 aliphatic heterocycles. The van der Waals surface area contributed by atoms with E-state index in [9.17, 15) is 39.0 Å². The van der Waals surface area contributed by atoms with Crippen LogP contribution in [0, 0.1) is 98.6 Å². The first kappa shape index (κ1) is 61.4. The van der Waals surface area contributed by atoms with Crippen LogP contribution in [0.4, 0.5) is 0 Å². The summed E-state index contributed by atoms with van der Waals surface area (Å²) in [6.07, 6.45) is 17.5. The minimum atomic E-state index is -0.406. The zero-order valence-electron chi connectivity index (χ0n) is 49.8. The van der Waals surface area contributed by atoms with Gasteiger partial charge in [0.05, 0.1) is 40.5 Å². The highest BCUT2D eigenvalue weighted by Gasteiger charge is 2.59. The number of ether oxygens (including phenoxy) is 6. The molecule has 10 aliphatic rings. The average molecular weight is 1080 g/mol. The second-order valence-electron chi connectivity index (χ2n) is 28.5. The van der Waals surface area contributed by atoms with Crippen molar-refractivity contribution in [2.45, 2.75) is 255 Å². The van der Waals surface area contributed by atoms with E-state index in [-0.39, 0.29) is 94.8 Å². The van der Waals surface area contributed by atoms with Gasteiger partial charge in [0.25, 0.3) is 0 Å². The summed E-state index contributed by atoms with van der Waals surface area (Å²) in [4.78, 5) is 70.5. The predicted molar refractivity (Wildman–Crippen MR) is 290 cm³/mol. The monoisotopic (exact) mass is 1080 g/mol. The standard InChI is InChI=1S/C16H26O4.2C16H26O3.C15H24O4/c1-5-16(3,4)15(18)20-14-8-11-6-12(14)7-13(11)9-19-10(2)17;1-4-16(2,3)15(18)19-14-6-9-5-13(14)12-8-10(17)7-11(9)12;1-4-16(2,3)15(18)19-13-6-5-10-11-7-9(14(10)13)8-12(11)17;1-5-15(3,4)14(17)19-13-8-10-6-11(13)7-12(10)18-9(2)16/h11-14H,5-9H2,1-4H3;2*9-14,17H,4-8H2,1-3H3;10-13H,5-8H2,1-4H3. The van der Waals surface area contributed by atoms with Crippen LogP contribution in [0.2, 0.25) is 0 Å². The van der Waals surface area contributed by atoms with Crippen LogP contribution in [0.15, 0.2) is 0 Å². The molecule has 0 aromatic heterocycles. The third-order valence-corrected chi connectivity index (χ3v) is 22.1. The molecule has 0 radical (unpaired) electrons. The molecule has 14 nitrogen and oxygen atoms in total. The molecule has 0 aromatic carbocycles. The van der Waals surface area contributed by atoms with Crippen molar-refractivity contribution in [2.24, 2.45) is 98.6 Å². The van der Waals surface area contributed by atoms with Gasteiger partial charge in [0.1, 0.15) is 30.5 Å². The van der Waals surface area contributed by atoms with E-state index in [1.54, 1.807) is 0 Å². The zero-order valence-corrected chi connectivity index (χ0v) is 49.8. The van der Waals surface area contributed by atoms with Gasteiger partial charge >= 0.3 is 35.8 Å². The third kappa shape index (κ3) is 13.7. The summed E-state index contributed by atoms with van der Waals surface area (Å²) in [5, 5.41) is 19.8. The number of aliphatic hydroxyl groups is 2. The van der Waals surface area contributed by atoms with Gasteiger partial charge in [-0.1, -0.05) is 27.7 Å². The number of fused-ring (bicyclic) bond motifs is 14. The Hall–Kier alpha value is -3.26. The van der Waals surface area contributed by atoms with Crippen molar-refractivity contribution in [1.29, 1.82) is 0 Å². The normalized spacial score (nSPS) is 38.5. The Morgan fingerprint density at radius 2 is 0.818 bits per heavy atom. The van der Waals surface area contributed by atoms with Gasteiger partial charge in [-0.05, 0) is 242 Å². The number of esters is 6. The summed E-state index contributed by atoms with van der Waals surface area (Å²) in [5.41, 5.74) is -1.53. The fourth-order valence-electron chi connectivity index (χ4n) is 15.6. The molecule has 14 heteroatoms. The Bertz CT molecular complexity index is 2090. The quantitative estimate of drug-likeness (QED) is 0.116. The van der Waals surface area contributed by atoms with E-state index in [2.05, 4.69) is 0 Å². The first-order valence-electron chi connectivity index (χ1n) is 30.5. The zero-order chi connectivity index (χ0) is 56.7. The third-order valence-electron chi connectivity index (χ3n) is 22.1. The van der Waals surface area contributed by atoms with Gasteiger partial charge in [-0.15, -0.1) is 0 Å². The van der Waals surface area contributed by atoms with Crippen LogP contribution < -0.4 is 0 Å². The minimum Gasteiger partial charge on any atom is -0.466 e. The molecular formula is C63H102O14. The van der Waals surface area contributed by atoms with Crippen LogP contribution in [-0.2, 0) is 57.2 Å². The molecular weight excluding hydrogens is 981 g/mol. The maximum atomic E-state index is 12.2. The number of hydrogen-bond donors (Lipinski definition) is 2. The van der Waals surface area contributed by atoms with E-state index >= 15 is 0 Å². The number of carbonyl (C=O) groups excluding carboxylic acids is 6. The first-order valence-corrected chi connectivity index (χ1v) is 30.5. The fraction of sp³-hybridized carbons (Fsp3) is 0.905. The Balaban J connectivity index is 0.000000149. The van der Waals surface area contributed by atoms with Gasteiger partial charge in [-0.3, -0.25) is 28.8 Å². The van der Waals surface area contributed by atoms with Crippen molar-refractivity contribution in [1.82, 2.24) is 0 Å². The lowest BCUT2D eigenvalue weighted by atomic mass is 9.79. The second kappa shape index (κ2) is 24.4. The molecule has 0 aromatic rings. The fourth-order valence-corrected chi connectivity index (χ4v) is 15.6. The lowest BCUT2D eigenvalue weighted by Crippen LogP contribution is -2.36. The van der Waals surface area contributed by atoms with E-state index < -0.39 is 5.41 Å². The predicted octanol–water partition coefficient (Wildman–Crippen LogP) is 11.2. The molecule has 10 fully saturated rings. The molecule has 0 spiro atoms. The van der Waals surface area contributed by atoms with E-state index in [1.165, 1.54) is 20.3 Å². The van der Waals surface area contributed by atoms with Crippen LogP contribution >= 0.6 is 0 Å². The lowest BCUT2D eigenvalue weighted by Gasteiger charge is -2.33. The van der Waals surface area contributed by atoms with Gasteiger partial charge in [0.2, 0.25) is 0 Å². The van der Waals surface area contributed by atoms with E-state index in [4.69, 9.17) is 28.4 Å². The van der Waals surface area contributed by atoms with Gasteiger partial charge in [0.15, 0.2) is 0 Å². The smallest absolute Gasteiger partial charge is 0.311 e. The van der Waals surface area contributed by atoms with Crippen molar-refractivity contribution < 1.29 is 67.4 Å². The Kier molecular flexibility index (Phi) is 19.5. The van der Waals surface area contributed by atoms with Crippen LogP contribution in [-0.4, -0.2) is 95.4 Å². The van der Waals surface area contributed by atoms with Crippen molar-refractivity contribution >= 4 is 35.8 Å². The topological polar surface area (TPSA) is 198 Å². The van der Waals surface area contributed by atoms with E-state index in [0.29, 0.717) is 83.5 Å². The minimum absolute atomic E-state index is 0.0233. The summed E-state index contributed by atoms with van der Waals surface area (Å²) in [7, 11) is 0. The molecule has 0 saturated heterocycles. The molecule has 8 bridgehead atoms. The van der Waals surface area contributed by atoms with Crippen molar-refractivity contribution in [3.05, 3.63) is 0 Å². The molecule has 0 amide bonds. The van der Waals surface area contributed by atoms with Crippen LogP contribution in [0.3, 0.4) is 0 Å². The van der Waals surface area contributed by atoms with E-state index in [0.717, 1.165) is 109 Å². The molecule has 10 aliphatic carbocycles. The number of aliphatic hydroxyl groups excluding tert-OH is 2. The molecule has 20 unspecified atom stereocenters. The Labute approximate surface area is 462 Å². The second-order valence-corrected chi connectivity index (χ2v) is 28.5. The van der Waals surface area contributed by atoms with Gasteiger partial charge < -0.3 is 38.6 Å². The Morgan fingerprint density at radius 1 is 0.390 bits per heavy atom. The molecule has 0 heterocycles. The summed E-state index contributed by atoms with van der Waals surface area (Å²) in [6, 6.07) is 0. The van der Waals surface area contributed by atoms with Crippen LogP contribution in [0.1, 0.15) is 213 Å².